The maximum Gasteiger partial charge on any atom is 0.177 e. The molecule has 1 unspecified atom stereocenters. The zero-order valence-electron chi connectivity index (χ0n) is 16.4. The third kappa shape index (κ3) is 4.74. The second-order valence-electron chi connectivity index (χ2n) is 7.58. The van der Waals surface area contributed by atoms with Crippen LogP contribution in [0.25, 0.3) is 11.4 Å². The van der Waals surface area contributed by atoms with Crippen molar-refractivity contribution >= 4 is 9.84 Å². The maximum absolute atomic E-state index is 11.8. The number of aromatic amines is 1. The van der Waals surface area contributed by atoms with E-state index in [4.69, 9.17) is 4.74 Å². The van der Waals surface area contributed by atoms with Crippen LogP contribution in [0.15, 0.2) is 59.8 Å². The minimum absolute atomic E-state index is 0.0594. The number of H-pyrrole nitrogens is 1. The highest BCUT2D eigenvalue weighted by Gasteiger charge is 2.24. The van der Waals surface area contributed by atoms with Crippen LogP contribution in [-0.2, 0) is 14.6 Å². The maximum atomic E-state index is 11.8. The van der Waals surface area contributed by atoms with Crippen molar-refractivity contribution in [3.63, 3.8) is 0 Å². The van der Waals surface area contributed by atoms with Crippen LogP contribution >= 0.6 is 0 Å². The molecule has 7 heteroatoms. The van der Waals surface area contributed by atoms with Crippen molar-refractivity contribution in [1.29, 1.82) is 0 Å². The molecular weight excluding hydrogens is 386 g/mol. The molecule has 0 aliphatic carbocycles. The lowest BCUT2D eigenvalue weighted by Crippen LogP contribution is -2.19. The van der Waals surface area contributed by atoms with Gasteiger partial charge in [-0.2, -0.15) is 0 Å². The molecule has 1 saturated heterocycles. The summed E-state index contributed by atoms with van der Waals surface area (Å²) in [5.41, 5.74) is 3.80. The monoisotopic (exact) mass is 411 g/mol. The van der Waals surface area contributed by atoms with E-state index in [1.165, 1.54) is 12.5 Å². The Kier molecular flexibility index (Phi) is 5.78. The van der Waals surface area contributed by atoms with Gasteiger partial charge in [-0.1, -0.05) is 6.07 Å². The van der Waals surface area contributed by atoms with E-state index in [-0.39, 0.29) is 10.8 Å². The van der Waals surface area contributed by atoms with Crippen LogP contribution in [0.2, 0.25) is 0 Å². The molecule has 1 fully saturated rings. The number of aromatic nitrogens is 3. The largest absolute Gasteiger partial charge is 0.381 e. The van der Waals surface area contributed by atoms with Crippen molar-refractivity contribution < 1.29 is 13.2 Å². The molecule has 4 heterocycles. The first-order chi connectivity index (χ1) is 14.0. The van der Waals surface area contributed by atoms with Crippen molar-refractivity contribution in [2.75, 3.05) is 19.5 Å². The Morgan fingerprint density at radius 3 is 2.59 bits per heavy atom. The average Bonchev–Trinajstić information content (AvgIpc) is 3.23. The van der Waals surface area contributed by atoms with Gasteiger partial charge in [0.25, 0.3) is 0 Å². The van der Waals surface area contributed by atoms with Gasteiger partial charge in [0.1, 0.15) is 0 Å². The van der Waals surface area contributed by atoms with Gasteiger partial charge in [-0.25, -0.2) is 8.42 Å². The van der Waals surface area contributed by atoms with E-state index < -0.39 is 9.84 Å². The second kappa shape index (κ2) is 8.47. The standard InChI is InChI=1S/C22H25N3O3S/c1-29(26,27)17-5-6-19(24-15-17)18(14-16-9-12-28-13-10-16)20-7-8-22(25-20)21-4-2-3-11-23-21/h2-8,11,15-16,18,25H,9-10,12-14H2,1H3. The summed E-state index contributed by atoms with van der Waals surface area (Å²) in [6.45, 7) is 1.59. The Labute approximate surface area is 171 Å². The predicted octanol–water partition coefficient (Wildman–Crippen LogP) is 3.82. The number of ether oxygens (including phenoxy) is 1. The van der Waals surface area contributed by atoms with E-state index in [1.54, 1.807) is 12.3 Å². The minimum Gasteiger partial charge on any atom is -0.381 e. The third-order valence-corrected chi connectivity index (χ3v) is 6.58. The van der Waals surface area contributed by atoms with Crippen LogP contribution in [0.3, 0.4) is 0 Å². The van der Waals surface area contributed by atoms with Crippen LogP contribution in [-0.4, -0.2) is 42.8 Å². The normalized spacial score (nSPS) is 16.6. The average molecular weight is 412 g/mol. The van der Waals surface area contributed by atoms with Crippen LogP contribution in [0.4, 0.5) is 0 Å². The Morgan fingerprint density at radius 2 is 1.93 bits per heavy atom. The SMILES string of the molecule is CS(=O)(=O)c1ccc(C(CC2CCOCC2)c2ccc(-c3ccccn3)[nH]2)nc1. The Balaban J connectivity index is 1.66. The Hall–Kier alpha value is -2.51. The van der Waals surface area contributed by atoms with Gasteiger partial charge in [0.2, 0.25) is 0 Å². The highest BCUT2D eigenvalue weighted by atomic mass is 32.2. The lowest BCUT2D eigenvalue weighted by atomic mass is 9.85. The second-order valence-corrected chi connectivity index (χ2v) is 9.59. The van der Waals surface area contributed by atoms with Crippen LogP contribution in [0.1, 0.15) is 36.6 Å². The number of rotatable bonds is 6. The molecule has 6 nitrogen and oxygen atoms in total. The summed E-state index contributed by atoms with van der Waals surface area (Å²) in [4.78, 5) is 12.7. The van der Waals surface area contributed by atoms with E-state index in [0.717, 1.165) is 55.3 Å². The van der Waals surface area contributed by atoms with Crippen molar-refractivity contribution in [2.45, 2.75) is 30.1 Å². The number of hydrogen-bond acceptors (Lipinski definition) is 5. The zero-order chi connectivity index (χ0) is 20.3. The summed E-state index contributed by atoms with van der Waals surface area (Å²) in [6, 6.07) is 13.4. The Morgan fingerprint density at radius 1 is 1.10 bits per heavy atom. The summed E-state index contributed by atoms with van der Waals surface area (Å²) in [5, 5.41) is 0. The van der Waals surface area contributed by atoms with E-state index in [9.17, 15) is 8.42 Å². The van der Waals surface area contributed by atoms with Crippen LogP contribution in [0, 0.1) is 5.92 Å². The fourth-order valence-electron chi connectivity index (χ4n) is 3.83. The number of nitrogens with zero attached hydrogens (tertiary/aromatic N) is 2. The Bertz CT molecular complexity index is 1040. The quantitative estimate of drug-likeness (QED) is 0.666. The van der Waals surface area contributed by atoms with Crippen molar-refractivity contribution in [3.05, 3.63) is 66.2 Å². The summed E-state index contributed by atoms with van der Waals surface area (Å²) in [5.74, 6) is 0.607. The number of hydrogen-bond donors (Lipinski definition) is 1. The zero-order valence-corrected chi connectivity index (χ0v) is 17.2. The summed E-state index contributed by atoms with van der Waals surface area (Å²) in [6.07, 6.45) is 7.45. The van der Waals surface area contributed by atoms with Gasteiger partial charge in [-0.05, 0) is 61.6 Å². The molecule has 0 bridgehead atoms. The van der Waals surface area contributed by atoms with Crippen LogP contribution < -0.4 is 0 Å². The topological polar surface area (TPSA) is 84.9 Å². The van der Waals surface area contributed by atoms with E-state index in [1.807, 2.05) is 30.3 Å². The minimum atomic E-state index is -3.26. The molecule has 1 aliphatic rings. The fourth-order valence-corrected chi connectivity index (χ4v) is 4.39. The molecule has 0 aromatic carbocycles. The highest BCUT2D eigenvalue weighted by molar-refractivity contribution is 7.90. The molecule has 152 valence electrons. The lowest BCUT2D eigenvalue weighted by molar-refractivity contribution is 0.0625. The fraction of sp³-hybridized carbons (Fsp3) is 0.364. The van der Waals surface area contributed by atoms with E-state index in [2.05, 4.69) is 21.0 Å². The number of sulfone groups is 1. The third-order valence-electron chi connectivity index (χ3n) is 5.48. The molecule has 1 N–H and O–H groups in total. The smallest absolute Gasteiger partial charge is 0.177 e. The first-order valence-corrected chi connectivity index (χ1v) is 11.7. The molecule has 0 amide bonds. The highest BCUT2D eigenvalue weighted by Crippen LogP contribution is 2.34. The van der Waals surface area contributed by atoms with Gasteiger partial charge in [-0.3, -0.25) is 9.97 Å². The molecule has 3 aromatic heterocycles. The first kappa shape index (κ1) is 19.8. The van der Waals surface area contributed by atoms with Crippen molar-refractivity contribution in [3.8, 4) is 11.4 Å². The van der Waals surface area contributed by atoms with Gasteiger partial charge < -0.3 is 9.72 Å². The summed E-state index contributed by atoms with van der Waals surface area (Å²) in [7, 11) is -3.26. The van der Waals surface area contributed by atoms with Gasteiger partial charge in [0.05, 0.1) is 16.3 Å². The lowest BCUT2D eigenvalue weighted by Gasteiger charge is -2.26. The summed E-state index contributed by atoms with van der Waals surface area (Å²) >= 11 is 0. The molecule has 0 saturated carbocycles. The van der Waals surface area contributed by atoms with Gasteiger partial charge >= 0.3 is 0 Å². The molecule has 4 rings (SSSR count). The van der Waals surface area contributed by atoms with E-state index >= 15 is 0 Å². The molecule has 1 atom stereocenters. The van der Waals surface area contributed by atoms with Crippen LogP contribution in [0.5, 0.6) is 0 Å². The first-order valence-electron chi connectivity index (χ1n) is 9.85. The summed E-state index contributed by atoms with van der Waals surface area (Å²) < 4.78 is 29.1. The van der Waals surface area contributed by atoms with Crippen molar-refractivity contribution in [2.24, 2.45) is 5.92 Å². The molecule has 1 aliphatic heterocycles. The molecule has 29 heavy (non-hydrogen) atoms. The number of pyridine rings is 2. The van der Waals surface area contributed by atoms with Gasteiger partial charge in [0.15, 0.2) is 9.84 Å². The molecular formula is C22H25N3O3S. The predicted molar refractivity (Wildman–Crippen MR) is 111 cm³/mol. The van der Waals surface area contributed by atoms with Crippen molar-refractivity contribution in [1.82, 2.24) is 15.0 Å². The van der Waals surface area contributed by atoms with E-state index in [0.29, 0.717) is 5.92 Å². The molecule has 3 aromatic rings. The van der Waals surface area contributed by atoms with Gasteiger partial charge in [0, 0.05) is 49.2 Å². The number of nitrogens with one attached hydrogen (secondary N) is 1. The molecule has 0 radical (unpaired) electrons. The molecule has 0 spiro atoms. The van der Waals surface area contributed by atoms with Gasteiger partial charge in [-0.15, -0.1) is 0 Å².